The molecule has 0 fully saturated rings. The first kappa shape index (κ1) is 14.5. The van der Waals surface area contributed by atoms with Crippen LogP contribution in [0.1, 0.15) is 62.3 Å². The SMILES string of the molecule is CCC(O)CCNC(C)c1ccc2c(c1)CCCC2. The second-order valence-electron chi connectivity index (χ2n) is 5.76. The van der Waals surface area contributed by atoms with Crippen LogP contribution in [0, 0.1) is 0 Å². The van der Waals surface area contributed by atoms with Crippen LogP contribution in [-0.2, 0) is 12.8 Å². The van der Waals surface area contributed by atoms with E-state index in [0.717, 1.165) is 19.4 Å². The van der Waals surface area contributed by atoms with E-state index in [1.807, 2.05) is 6.92 Å². The van der Waals surface area contributed by atoms with Crippen LogP contribution in [0.2, 0.25) is 0 Å². The lowest BCUT2D eigenvalue weighted by molar-refractivity contribution is 0.159. The second-order valence-corrected chi connectivity index (χ2v) is 5.76. The third-order valence-corrected chi connectivity index (χ3v) is 4.27. The first-order chi connectivity index (χ1) is 9.20. The second kappa shape index (κ2) is 7.06. The zero-order valence-electron chi connectivity index (χ0n) is 12.3. The minimum atomic E-state index is -0.164. The van der Waals surface area contributed by atoms with Gasteiger partial charge in [-0.05, 0) is 68.7 Å². The van der Waals surface area contributed by atoms with Crippen molar-refractivity contribution >= 4 is 0 Å². The average molecular weight is 261 g/mol. The van der Waals surface area contributed by atoms with Crippen molar-refractivity contribution in [1.82, 2.24) is 5.32 Å². The molecule has 106 valence electrons. The molecule has 0 aromatic heterocycles. The van der Waals surface area contributed by atoms with Gasteiger partial charge in [0.05, 0.1) is 6.10 Å². The summed E-state index contributed by atoms with van der Waals surface area (Å²) in [4.78, 5) is 0. The van der Waals surface area contributed by atoms with E-state index in [1.165, 1.54) is 31.2 Å². The van der Waals surface area contributed by atoms with E-state index in [1.54, 1.807) is 11.1 Å². The van der Waals surface area contributed by atoms with E-state index < -0.39 is 0 Å². The molecular formula is C17H27NO. The van der Waals surface area contributed by atoms with Gasteiger partial charge in [0.2, 0.25) is 0 Å². The lowest BCUT2D eigenvalue weighted by atomic mass is 9.89. The minimum absolute atomic E-state index is 0.164. The third-order valence-electron chi connectivity index (χ3n) is 4.27. The number of aryl methyl sites for hydroxylation is 2. The van der Waals surface area contributed by atoms with Gasteiger partial charge in [-0.25, -0.2) is 0 Å². The molecule has 1 aliphatic rings. The van der Waals surface area contributed by atoms with E-state index in [2.05, 4.69) is 30.4 Å². The number of aliphatic hydroxyl groups excluding tert-OH is 1. The topological polar surface area (TPSA) is 32.3 Å². The summed E-state index contributed by atoms with van der Waals surface area (Å²) in [6.45, 7) is 5.12. The van der Waals surface area contributed by atoms with Crippen LogP contribution >= 0.6 is 0 Å². The van der Waals surface area contributed by atoms with Gasteiger partial charge in [0.25, 0.3) is 0 Å². The number of nitrogens with one attached hydrogen (secondary N) is 1. The van der Waals surface area contributed by atoms with Crippen molar-refractivity contribution in [1.29, 1.82) is 0 Å². The Bertz CT molecular complexity index is 402. The quantitative estimate of drug-likeness (QED) is 0.823. The van der Waals surface area contributed by atoms with E-state index in [0.29, 0.717) is 6.04 Å². The third kappa shape index (κ3) is 4.05. The van der Waals surface area contributed by atoms with Crippen molar-refractivity contribution in [3.63, 3.8) is 0 Å². The molecule has 2 atom stereocenters. The van der Waals surface area contributed by atoms with E-state index >= 15 is 0 Å². The van der Waals surface area contributed by atoms with E-state index in [4.69, 9.17) is 0 Å². The summed E-state index contributed by atoms with van der Waals surface area (Å²) in [5.74, 6) is 0. The highest BCUT2D eigenvalue weighted by Crippen LogP contribution is 2.24. The lowest BCUT2D eigenvalue weighted by Gasteiger charge is -2.20. The highest BCUT2D eigenvalue weighted by Gasteiger charge is 2.12. The number of aliphatic hydroxyl groups is 1. The molecule has 0 saturated heterocycles. The maximum absolute atomic E-state index is 9.56. The lowest BCUT2D eigenvalue weighted by Crippen LogP contribution is -2.23. The van der Waals surface area contributed by atoms with Gasteiger partial charge in [-0.1, -0.05) is 25.1 Å². The largest absolute Gasteiger partial charge is 0.393 e. The van der Waals surface area contributed by atoms with Crippen LogP contribution in [0.3, 0.4) is 0 Å². The normalized spacial score (nSPS) is 17.8. The summed E-state index contributed by atoms with van der Waals surface area (Å²) in [6, 6.07) is 7.32. The molecular weight excluding hydrogens is 234 g/mol. The van der Waals surface area contributed by atoms with Gasteiger partial charge in [0.1, 0.15) is 0 Å². The van der Waals surface area contributed by atoms with Crippen molar-refractivity contribution in [3.05, 3.63) is 34.9 Å². The average Bonchev–Trinajstić information content (AvgIpc) is 2.46. The molecule has 2 rings (SSSR count). The number of fused-ring (bicyclic) bond motifs is 1. The number of hydrogen-bond donors (Lipinski definition) is 2. The molecule has 0 bridgehead atoms. The molecule has 0 amide bonds. The molecule has 1 aliphatic carbocycles. The summed E-state index contributed by atoms with van der Waals surface area (Å²) in [7, 11) is 0. The summed E-state index contributed by atoms with van der Waals surface area (Å²) in [6.07, 6.45) is 6.68. The highest BCUT2D eigenvalue weighted by molar-refractivity contribution is 5.35. The molecule has 2 heteroatoms. The number of hydrogen-bond acceptors (Lipinski definition) is 2. The summed E-state index contributed by atoms with van der Waals surface area (Å²) in [5, 5.41) is 13.1. The van der Waals surface area contributed by atoms with Crippen LogP contribution in [-0.4, -0.2) is 17.8 Å². The Kier molecular flexibility index (Phi) is 5.41. The Morgan fingerprint density at radius 1 is 1.21 bits per heavy atom. The van der Waals surface area contributed by atoms with Crippen molar-refractivity contribution in [2.24, 2.45) is 0 Å². The molecule has 2 N–H and O–H groups in total. The van der Waals surface area contributed by atoms with Gasteiger partial charge in [0, 0.05) is 6.04 Å². The van der Waals surface area contributed by atoms with Gasteiger partial charge in [0.15, 0.2) is 0 Å². The fourth-order valence-electron chi connectivity index (χ4n) is 2.81. The molecule has 0 spiro atoms. The zero-order chi connectivity index (χ0) is 13.7. The van der Waals surface area contributed by atoms with Gasteiger partial charge in [-0.2, -0.15) is 0 Å². The fourth-order valence-corrected chi connectivity index (χ4v) is 2.81. The first-order valence-electron chi connectivity index (χ1n) is 7.74. The number of rotatable bonds is 6. The zero-order valence-corrected chi connectivity index (χ0v) is 12.3. The van der Waals surface area contributed by atoms with E-state index in [9.17, 15) is 5.11 Å². The molecule has 2 nitrogen and oxygen atoms in total. The van der Waals surface area contributed by atoms with Crippen LogP contribution in [0.4, 0.5) is 0 Å². The monoisotopic (exact) mass is 261 g/mol. The van der Waals surface area contributed by atoms with Gasteiger partial charge in [-0.15, -0.1) is 0 Å². The Morgan fingerprint density at radius 2 is 1.95 bits per heavy atom. The summed E-state index contributed by atoms with van der Waals surface area (Å²) >= 11 is 0. The van der Waals surface area contributed by atoms with Crippen molar-refractivity contribution in [3.8, 4) is 0 Å². The highest BCUT2D eigenvalue weighted by atomic mass is 16.3. The van der Waals surface area contributed by atoms with Crippen LogP contribution in [0.15, 0.2) is 18.2 Å². The van der Waals surface area contributed by atoms with Gasteiger partial charge >= 0.3 is 0 Å². The van der Waals surface area contributed by atoms with Gasteiger partial charge < -0.3 is 10.4 Å². The van der Waals surface area contributed by atoms with E-state index in [-0.39, 0.29) is 6.10 Å². The smallest absolute Gasteiger partial charge is 0.0549 e. The molecule has 0 saturated carbocycles. The Morgan fingerprint density at radius 3 is 2.68 bits per heavy atom. The molecule has 19 heavy (non-hydrogen) atoms. The van der Waals surface area contributed by atoms with Crippen molar-refractivity contribution < 1.29 is 5.11 Å². The predicted molar refractivity (Wildman–Crippen MR) is 80.4 cm³/mol. The molecule has 2 unspecified atom stereocenters. The van der Waals surface area contributed by atoms with Crippen LogP contribution < -0.4 is 5.32 Å². The van der Waals surface area contributed by atoms with Gasteiger partial charge in [-0.3, -0.25) is 0 Å². The van der Waals surface area contributed by atoms with Crippen molar-refractivity contribution in [2.45, 2.75) is 64.5 Å². The molecule has 1 aromatic rings. The molecule has 0 heterocycles. The summed E-state index contributed by atoms with van der Waals surface area (Å²) in [5.41, 5.74) is 4.47. The molecule has 1 aromatic carbocycles. The fraction of sp³-hybridized carbons (Fsp3) is 0.647. The number of benzene rings is 1. The first-order valence-corrected chi connectivity index (χ1v) is 7.74. The Labute approximate surface area is 117 Å². The summed E-state index contributed by atoms with van der Waals surface area (Å²) < 4.78 is 0. The minimum Gasteiger partial charge on any atom is -0.393 e. The maximum atomic E-state index is 9.56. The van der Waals surface area contributed by atoms with Crippen LogP contribution in [0.5, 0.6) is 0 Å². The predicted octanol–water partition coefficient (Wildman–Crippen LogP) is 3.38. The van der Waals surface area contributed by atoms with Crippen LogP contribution in [0.25, 0.3) is 0 Å². The molecule has 0 radical (unpaired) electrons. The van der Waals surface area contributed by atoms with Crippen molar-refractivity contribution in [2.75, 3.05) is 6.54 Å². The Balaban J connectivity index is 1.90. The Hall–Kier alpha value is -0.860. The standard InChI is InChI=1S/C17H27NO/c1-3-17(19)10-11-18-13(2)15-9-8-14-6-4-5-7-16(14)12-15/h8-9,12-13,17-19H,3-7,10-11H2,1-2H3. The molecule has 0 aliphatic heterocycles. The maximum Gasteiger partial charge on any atom is 0.0549 e.